The molecule has 0 fully saturated rings. The van der Waals surface area contributed by atoms with E-state index in [1.807, 2.05) is 48.7 Å². The molecule has 0 saturated carbocycles. The normalized spacial score (nSPS) is 13.2. The largest absolute Gasteiger partial charge is 0.318 e. The van der Waals surface area contributed by atoms with Crippen molar-refractivity contribution in [1.82, 2.24) is 25.0 Å². The Labute approximate surface area is 202 Å². The zero-order valence-corrected chi connectivity index (χ0v) is 19.8. The van der Waals surface area contributed by atoms with E-state index in [1.165, 1.54) is 0 Å². The Balaban J connectivity index is 1.35. The van der Waals surface area contributed by atoms with Gasteiger partial charge in [-0.15, -0.1) is 0 Å². The van der Waals surface area contributed by atoms with Crippen molar-refractivity contribution in [3.05, 3.63) is 93.3 Å². The average Bonchev–Trinajstić information content (AvgIpc) is 3.01. The molecule has 0 aliphatic carbocycles. The van der Waals surface area contributed by atoms with E-state index in [-0.39, 0.29) is 5.56 Å². The molecule has 178 valence electrons. The predicted molar refractivity (Wildman–Crippen MR) is 134 cm³/mol. The Morgan fingerprint density at radius 1 is 0.914 bits per heavy atom. The second kappa shape index (κ2) is 9.21. The zero-order valence-electron chi connectivity index (χ0n) is 19.8. The van der Waals surface area contributed by atoms with Gasteiger partial charge >= 0.3 is 0 Å². The van der Waals surface area contributed by atoms with Crippen molar-refractivity contribution in [2.24, 2.45) is 0 Å². The minimum atomic E-state index is -0.478. The van der Waals surface area contributed by atoms with Crippen LogP contribution in [0.15, 0.2) is 59.4 Å². The predicted octanol–water partition coefficient (Wildman–Crippen LogP) is 3.61. The Morgan fingerprint density at radius 2 is 1.69 bits per heavy atom. The van der Waals surface area contributed by atoms with E-state index in [0.29, 0.717) is 28.6 Å². The fourth-order valence-corrected chi connectivity index (χ4v) is 4.78. The van der Waals surface area contributed by atoms with Gasteiger partial charge in [-0.2, -0.15) is 0 Å². The van der Waals surface area contributed by atoms with E-state index in [0.717, 1.165) is 48.6 Å². The maximum atomic E-state index is 12.9. The number of hydrazine groups is 1. The summed E-state index contributed by atoms with van der Waals surface area (Å²) in [5.74, 6) is -0.121. The molecule has 1 aliphatic heterocycles. The van der Waals surface area contributed by atoms with Crippen LogP contribution in [0.3, 0.4) is 0 Å². The van der Waals surface area contributed by atoms with E-state index in [2.05, 4.69) is 15.8 Å². The average molecular weight is 470 g/mol. The molecule has 0 atom stereocenters. The summed E-state index contributed by atoms with van der Waals surface area (Å²) in [6.07, 6.45) is 3.78. The number of carbonyl (C=O) groups is 2. The van der Waals surface area contributed by atoms with Gasteiger partial charge in [0.25, 0.3) is 17.4 Å². The smallest absolute Gasteiger partial charge is 0.271 e. The van der Waals surface area contributed by atoms with Crippen molar-refractivity contribution < 1.29 is 9.59 Å². The fraction of sp³-hybridized carbons (Fsp3) is 0.259. The van der Waals surface area contributed by atoms with Gasteiger partial charge in [0.15, 0.2) is 0 Å². The molecule has 4 aromatic rings. The van der Waals surface area contributed by atoms with Crippen LogP contribution in [0, 0.1) is 13.8 Å². The van der Waals surface area contributed by atoms with E-state index in [9.17, 15) is 14.4 Å². The number of benzene rings is 2. The minimum Gasteiger partial charge on any atom is -0.318 e. The molecule has 2 N–H and O–H groups in total. The number of nitrogens with zero attached hydrogens (tertiary/aromatic N) is 3. The molecule has 2 amide bonds. The van der Waals surface area contributed by atoms with Gasteiger partial charge in [-0.1, -0.05) is 24.6 Å². The van der Waals surface area contributed by atoms with Gasteiger partial charge in [-0.25, -0.2) is 4.98 Å². The molecule has 0 unspecified atom stereocenters. The molecular formula is C27H27N5O3. The molecule has 5 rings (SSSR count). The molecule has 8 heteroatoms. The molecule has 2 aromatic heterocycles. The van der Waals surface area contributed by atoms with Crippen molar-refractivity contribution >= 4 is 22.7 Å². The minimum absolute atomic E-state index is 0.0686. The summed E-state index contributed by atoms with van der Waals surface area (Å²) < 4.78 is 3.74. The van der Waals surface area contributed by atoms with Crippen LogP contribution in [0.1, 0.15) is 57.2 Å². The van der Waals surface area contributed by atoms with Crippen LogP contribution < -0.4 is 16.4 Å². The van der Waals surface area contributed by atoms with Crippen molar-refractivity contribution in [3.8, 4) is 5.69 Å². The first-order valence-corrected chi connectivity index (χ1v) is 11.8. The SMILES string of the molecule is Cc1cc(C(=O)NNC(=O)c2ccc3c(=O)n4c(nc3c2)CCCCC4)c(C)n1-c1ccccc1. The number of para-hydroxylation sites is 1. The lowest BCUT2D eigenvalue weighted by molar-refractivity contribution is 0.0846. The monoisotopic (exact) mass is 469 g/mol. The highest BCUT2D eigenvalue weighted by Gasteiger charge is 2.19. The van der Waals surface area contributed by atoms with Crippen LogP contribution in [0.4, 0.5) is 0 Å². The van der Waals surface area contributed by atoms with Crippen LogP contribution in [0.5, 0.6) is 0 Å². The number of hydrogen-bond acceptors (Lipinski definition) is 4. The summed E-state index contributed by atoms with van der Waals surface area (Å²) >= 11 is 0. The molecule has 35 heavy (non-hydrogen) atoms. The third-order valence-electron chi connectivity index (χ3n) is 6.56. The van der Waals surface area contributed by atoms with Crippen LogP contribution in [0.25, 0.3) is 16.6 Å². The van der Waals surface area contributed by atoms with Gasteiger partial charge < -0.3 is 4.57 Å². The highest BCUT2D eigenvalue weighted by atomic mass is 16.2. The lowest BCUT2D eigenvalue weighted by Crippen LogP contribution is -2.41. The maximum absolute atomic E-state index is 12.9. The zero-order chi connectivity index (χ0) is 24.5. The molecule has 0 saturated heterocycles. The van der Waals surface area contributed by atoms with Crippen molar-refractivity contribution in [2.75, 3.05) is 0 Å². The van der Waals surface area contributed by atoms with Crippen LogP contribution >= 0.6 is 0 Å². The second-order valence-corrected chi connectivity index (χ2v) is 8.89. The summed E-state index contributed by atoms with van der Waals surface area (Å²) in [6.45, 7) is 4.48. The molecule has 2 aromatic carbocycles. The Morgan fingerprint density at radius 3 is 2.49 bits per heavy atom. The van der Waals surface area contributed by atoms with E-state index in [4.69, 9.17) is 0 Å². The number of fused-ring (bicyclic) bond motifs is 2. The molecule has 8 nitrogen and oxygen atoms in total. The number of aromatic nitrogens is 3. The van der Waals surface area contributed by atoms with Gasteiger partial charge in [0.1, 0.15) is 5.82 Å². The molecule has 0 bridgehead atoms. The number of carbonyl (C=O) groups excluding carboxylic acids is 2. The number of aryl methyl sites for hydroxylation is 2. The molecule has 3 heterocycles. The van der Waals surface area contributed by atoms with Gasteiger partial charge in [-0.3, -0.25) is 29.8 Å². The molecular weight excluding hydrogens is 442 g/mol. The standard InChI is InChI=1S/C27H27N5O3/c1-17-15-22(18(2)32(17)20-9-5-3-6-10-20)26(34)30-29-25(33)19-12-13-21-23(16-19)28-24-11-7-4-8-14-31(24)27(21)35/h3,5-6,9-10,12-13,15-16H,4,7-8,11,14H2,1-2H3,(H,29,33)(H,30,34). The number of amides is 2. The van der Waals surface area contributed by atoms with Gasteiger partial charge in [-0.05, 0) is 63.1 Å². The molecule has 0 radical (unpaired) electrons. The van der Waals surface area contributed by atoms with Crippen LogP contribution in [-0.2, 0) is 13.0 Å². The Hall–Kier alpha value is -4.20. The first kappa shape index (κ1) is 22.6. The Bertz CT molecular complexity index is 1500. The summed E-state index contributed by atoms with van der Waals surface area (Å²) in [4.78, 5) is 43.2. The van der Waals surface area contributed by atoms with Gasteiger partial charge in [0.05, 0.1) is 16.5 Å². The highest BCUT2D eigenvalue weighted by Crippen LogP contribution is 2.21. The number of hydrogen-bond donors (Lipinski definition) is 2. The molecule has 1 aliphatic rings. The van der Waals surface area contributed by atoms with E-state index in [1.54, 1.807) is 28.8 Å². The van der Waals surface area contributed by atoms with E-state index < -0.39 is 11.8 Å². The second-order valence-electron chi connectivity index (χ2n) is 8.89. The Kier molecular flexibility index (Phi) is 5.94. The highest BCUT2D eigenvalue weighted by molar-refractivity contribution is 6.01. The number of rotatable bonds is 3. The summed E-state index contributed by atoms with van der Waals surface area (Å²) in [5.41, 5.74) is 8.86. The van der Waals surface area contributed by atoms with Crippen molar-refractivity contribution in [3.63, 3.8) is 0 Å². The van der Waals surface area contributed by atoms with Crippen LogP contribution in [-0.4, -0.2) is 25.9 Å². The lowest BCUT2D eigenvalue weighted by atomic mass is 10.1. The van der Waals surface area contributed by atoms with Crippen molar-refractivity contribution in [1.29, 1.82) is 0 Å². The van der Waals surface area contributed by atoms with E-state index >= 15 is 0 Å². The summed E-state index contributed by atoms with van der Waals surface area (Å²) in [7, 11) is 0. The fourth-order valence-electron chi connectivity index (χ4n) is 4.78. The topological polar surface area (TPSA) is 98.0 Å². The third-order valence-corrected chi connectivity index (χ3v) is 6.56. The quantitative estimate of drug-likeness (QED) is 0.448. The lowest BCUT2D eigenvalue weighted by Gasteiger charge is -2.12. The molecule has 0 spiro atoms. The summed E-state index contributed by atoms with van der Waals surface area (Å²) in [6, 6.07) is 16.4. The number of nitrogens with one attached hydrogen (secondary N) is 2. The third kappa shape index (κ3) is 4.23. The van der Waals surface area contributed by atoms with Crippen LogP contribution in [0.2, 0.25) is 0 Å². The van der Waals surface area contributed by atoms with Crippen molar-refractivity contribution in [2.45, 2.75) is 46.1 Å². The van der Waals surface area contributed by atoms with Gasteiger partial charge in [0, 0.05) is 35.6 Å². The first-order chi connectivity index (χ1) is 16.9. The first-order valence-electron chi connectivity index (χ1n) is 11.8. The van der Waals surface area contributed by atoms with Gasteiger partial charge in [0.2, 0.25) is 0 Å². The summed E-state index contributed by atoms with van der Waals surface area (Å²) in [5, 5.41) is 0.490. The maximum Gasteiger partial charge on any atom is 0.271 e.